The molecular weight excluding hydrogens is 356 g/mol. The first-order valence-corrected chi connectivity index (χ1v) is 10.4. The molecule has 1 aliphatic rings. The van der Waals surface area contributed by atoms with Crippen LogP contribution in [0.5, 0.6) is 0 Å². The van der Waals surface area contributed by atoms with Gasteiger partial charge in [-0.2, -0.15) is 0 Å². The second-order valence-electron chi connectivity index (χ2n) is 7.15. The first kappa shape index (κ1) is 20.7. The number of fused-ring (bicyclic) bond motifs is 3. The number of benzene rings is 2. The van der Waals surface area contributed by atoms with E-state index in [-0.39, 0.29) is 0 Å². The van der Waals surface area contributed by atoms with E-state index in [9.17, 15) is 0 Å². The van der Waals surface area contributed by atoms with Gasteiger partial charge in [0.25, 0.3) is 0 Å². The molecule has 4 nitrogen and oxygen atoms in total. The van der Waals surface area contributed by atoms with Gasteiger partial charge < -0.3 is 11.1 Å². The highest BCUT2D eigenvalue weighted by Crippen LogP contribution is 2.38. The quantitative estimate of drug-likeness (QED) is 0.444. The summed E-state index contributed by atoms with van der Waals surface area (Å²) in [6.45, 7) is 6.11. The van der Waals surface area contributed by atoms with Gasteiger partial charge in [0.2, 0.25) is 0 Å². The number of nitrogen functional groups attached to an aromatic ring is 1. The van der Waals surface area contributed by atoms with Crippen molar-refractivity contribution >= 4 is 29.0 Å². The number of nitrogens with zero attached hydrogens (tertiary/aromatic N) is 2. The molecule has 4 heteroatoms. The lowest BCUT2D eigenvalue weighted by molar-refractivity contribution is 0.689. The fourth-order valence-electron chi connectivity index (χ4n) is 4.23. The maximum Gasteiger partial charge on any atom is 0.0751 e. The number of aliphatic imine (C=N–C) groups is 1. The number of aromatic nitrogens is 1. The molecule has 3 aromatic rings. The summed E-state index contributed by atoms with van der Waals surface area (Å²) in [5, 5.41) is 8.93. The van der Waals surface area contributed by atoms with Crippen molar-refractivity contribution in [1.29, 1.82) is 5.41 Å². The van der Waals surface area contributed by atoms with E-state index in [0.29, 0.717) is 5.69 Å². The van der Waals surface area contributed by atoms with Gasteiger partial charge in [-0.25, -0.2) is 4.98 Å². The molecule has 0 unspecified atom stereocenters. The van der Waals surface area contributed by atoms with Crippen molar-refractivity contribution in [2.75, 3.05) is 12.8 Å². The molecule has 1 aromatic heterocycles. The van der Waals surface area contributed by atoms with E-state index in [0.717, 1.165) is 52.5 Å². The minimum absolute atomic E-state index is 0.647. The van der Waals surface area contributed by atoms with Crippen LogP contribution in [0.3, 0.4) is 0 Å². The van der Waals surface area contributed by atoms with Crippen LogP contribution in [-0.4, -0.2) is 24.5 Å². The minimum Gasteiger partial charge on any atom is -0.398 e. The lowest BCUT2D eigenvalue weighted by Crippen LogP contribution is -2.10. The minimum atomic E-state index is 0.647. The van der Waals surface area contributed by atoms with Gasteiger partial charge in [0, 0.05) is 47.2 Å². The van der Waals surface area contributed by atoms with E-state index in [1.165, 1.54) is 29.3 Å². The number of hydrogen-bond donors (Lipinski definition) is 2. The van der Waals surface area contributed by atoms with Gasteiger partial charge in [0.05, 0.1) is 11.2 Å². The standard InChI is InChI=1S/C23H24N4.C2H6/c1-14-6-5-9-17(19(14)13-26-2)23-16-8-4-3-7-15(16)22-18(12-24)20(25)10-11-21(22)27-23;1-2/h5-6,9-13,24H,3-4,7-8,25H2,1-2H3;1-2H3. The second kappa shape index (κ2) is 8.99. The summed E-state index contributed by atoms with van der Waals surface area (Å²) < 4.78 is 0. The molecule has 150 valence electrons. The average molecular weight is 387 g/mol. The summed E-state index contributed by atoms with van der Waals surface area (Å²) in [6.07, 6.45) is 7.64. The zero-order valence-electron chi connectivity index (χ0n) is 17.8. The highest BCUT2D eigenvalue weighted by Gasteiger charge is 2.22. The van der Waals surface area contributed by atoms with Gasteiger partial charge in [-0.1, -0.05) is 32.0 Å². The Morgan fingerprint density at radius 1 is 1.03 bits per heavy atom. The molecule has 0 spiro atoms. The van der Waals surface area contributed by atoms with Crippen molar-refractivity contribution in [1.82, 2.24) is 4.98 Å². The number of nitrogens with two attached hydrogens (primary N) is 1. The molecule has 0 atom stereocenters. The van der Waals surface area contributed by atoms with Crippen molar-refractivity contribution in [3.8, 4) is 11.3 Å². The fraction of sp³-hybridized carbons (Fsp3) is 0.320. The Morgan fingerprint density at radius 3 is 2.45 bits per heavy atom. The van der Waals surface area contributed by atoms with Crippen molar-refractivity contribution < 1.29 is 0 Å². The molecule has 1 aliphatic carbocycles. The predicted molar refractivity (Wildman–Crippen MR) is 126 cm³/mol. The van der Waals surface area contributed by atoms with Crippen molar-refractivity contribution in [3.63, 3.8) is 0 Å². The number of hydrogen-bond acceptors (Lipinski definition) is 4. The third-order valence-corrected chi connectivity index (χ3v) is 5.53. The molecule has 0 bridgehead atoms. The smallest absolute Gasteiger partial charge is 0.0751 e. The molecule has 0 saturated heterocycles. The van der Waals surface area contributed by atoms with Crippen LogP contribution in [0.1, 0.15) is 54.5 Å². The molecule has 0 radical (unpaired) electrons. The highest BCUT2D eigenvalue weighted by atomic mass is 14.7. The largest absolute Gasteiger partial charge is 0.398 e. The van der Waals surface area contributed by atoms with Crippen LogP contribution < -0.4 is 5.73 Å². The molecule has 2 aromatic carbocycles. The fourth-order valence-corrected chi connectivity index (χ4v) is 4.23. The molecule has 0 saturated carbocycles. The number of aryl methyl sites for hydroxylation is 2. The van der Waals surface area contributed by atoms with E-state index in [1.807, 2.05) is 32.2 Å². The Labute approximate surface area is 173 Å². The van der Waals surface area contributed by atoms with Crippen molar-refractivity contribution in [2.24, 2.45) is 4.99 Å². The van der Waals surface area contributed by atoms with Crippen LogP contribution in [0, 0.1) is 12.3 Å². The lowest BCUT2D eigenvalue weighted by atomic mass is 9.84. The van der Waals surface area contributed by atoms with Crippen LogP contribution in [0.25, 0.3) is 22.2 Å². The van der Waals surface area contributed by atoms with Crippen molar-refractivity contribution in [3.05, 3.63) is 58.1 Å². The zero-order chi connectivity index (χ0) is 21.0. The summed E-state index contributed by atoms with van der Waals surface area (Å²) in [4.78, 5) is 9.34. The SMILES string of the molecule is CC.CN=Cc1c(C)cccc1-c1nc2ccc(N)c(C=N)c2c2c1CCCC2. The van der Waals surface area contributed by atoms with Gasteiger partial charge in [-0.15, -0.1) is 0 Å². The lowest BCUT2D eigenvalue weighted by Gasteiger charge is -2.23. The van der Waals surface area contributed by atoms with Crippen LogP contribution >= 0.6 is 0 Å². The Bertz CT molecular complexity index is 1080. The molecule has 29 heavy (non-hydrogen) atoms. The Hall–Kier alpha value is -3.01. The van der Waals surface area contributed by atoms with Crippen molar-refractivity contribution in [2.45, 2.75) is 46.5 Å². The maximum absolute atomic E-state index is 7.87. The number of nitrogens with one attached hydrogen (secondary N) is 1. The molecule has 0 fully saturated rings. The van der Waals surface area contributed by atoms with E-state index >= 15 is 0 Å². The molecule has 3 N–H and O–H groups in total. The zero-order valence-corrected chi connectivity index (χ0v) is 17.8. The molecule has 4 rings (SSSR count). The first-order chi connectivity index (χ1) is 14.2. The van der Waals surface area contributed by atoms with Gasteiger partial charge in [-0.3, -0.25) is 4.99 Å². The monoisotopic (exact) mass is 386 g/mol. The van der Waals surface area contributed by atoms with Crippen LogP contribution in [-0.2, 0) is 12.8 Å². The number of pyridine rings is 1. The van der Waals surface area contributed by atoms with Gasteiger partial charge in [-0.05, 0) is 61.4 Å². The van der Waals surface area contributed by atoms with E-state index < -0.39 is 0 Å². The van der Waals surface area contributed by atoms with Gasteiger partial charge >= 0.3 is 0 Å². The summed E-state index contributed by atoms with van der Waals surface area (Å²) in [7, 11) is 1.80. The van der Waals surface area contributed by atoms with Gasteiger partial charge in [0.1, 0.15) is 0 Å². The Kier molecular flexibility index (Phi) is 6.42. The summed E-state index contributed by atoms with van der Waals surface area (Å²) in [5.41, 5.74) is 15.7. The van der Waals surface area contributed by atoms with Crippen LogP contribution in [0.15, 0.2) is 35.3 Å². The number of anilines is 1. The highest BCUT2D eigenvalue weighted by molar-refractivity contribution is 6.06. The summed E-state index contributed by atoms with van der Waals surface area (Å²) in [5.74, 6) is 0. The third-order valence-electron chi connectivity index (χ3n) is 5.53. The topological polar surface area (TPSA) is 75.1 Å². The summed E-state index contributed by atoms with van der Waals surface area (Å²) in [6, 6.07) is 10.2. The van der Waals surface area contributed by atoms with Crippen LogP contribution in [0.4, 0.5) is 5.69 Å². The third kappa shape index (κ3) is 3.67. The Morgan fingerprint density at radius 2 is 1.76 bits per heavy atom. The molecule has 0 amide bonds. The van der Waals surface area contributed by atoms with Crippen LogP contribution in [0.2, 0.25) is 0 Å². The number of rotatable bonds is 3. The molecular formula is C25H30N4. The molecule has 0 aliphatic heterocycles. The Balaban J connectivity index is 0.00000117. The van der Waals surface area contributed by atoms with E-state index in [1.54, 1.807) is 7.05 Å². The second-order valence-corrected chi connectivity index (χ2v) is 7.15. The van der Waals surface area contributed by atoms with E-state index in [4.69, 9.17) is 16.1 Å². The predicted octanol–water partition coefficient (Wildman–Crippen LogP) is 5.74. The molecule has 1 heterocycles. The van der Waals surface area contributed by atoms with Gasteiger partial charge in [0.15, 0.2) is 0 Å². The maximum atomic E-state index is 7.87. The summed E-state index contributed by atoms with van der Waals surface area (Å²) >= 11 is 0. The first-order valence-electron chi connectivity index (χ1n) is 10.4. The normalized spacial score (nSPS) is 13.1. The average Bonchev–Trinajstić information content (AvgIpc) is 2.76. The van der Waals surface area contributed by atoms with E-state index in [2.05, 4.69) is 30.1 Å².